The molecule has 1 N–H and O–H groups in total. The standard InChI is InChI=1S/C8H10ClNO/c9-3-1-4-10-5-2-8(6-10)7-11/h1-3,5-6,11H,4,7H2/b3-1+. The molecule has 2 nitrogen and oxygen atoms in total. The number of aliphatic hydroxyl groups is 1. The fraction of sp³-hybridized carbons (Fsp3) is 0.250. The number of allylic oxidation sites excluding steroid dienone is 1. The summed E-state index contributed by atoms with van der Waals surface area (Å²) in [5, 5.41) is 8.72. The second kappa shape index (κ2) is 4.21. The van der Waals surface area contributed by atoms with Gasteiger partial charge >= 0.3 is 0 Å². The molecular weight excluding hydrogens is 162 g/mol. The molecule has 0 saturated heterocycles. The van der Waals surface area contributed by atoms with E-state index in [9.17, 15) is 0 Å². The molecule has 0 aromatic carbocycles. The van der Waals surface area contributed by atoms with Crippen LogP contribution in [-0.2, 0) is 13.2 Å². The maximum absolute atomic E-state index is 8.72. The normalized spacial score (nSPS) is 11.1. The first-order chi connectivity index (χ1) is 5.36. The Balaban J connectivity index is 2.58. The largest absolute Gasteiger partial charge is 0.392 e. The van der Waals surface area contributed by atoms with Gasteiger partial charge in [0.15, 0.2) is 0 Å². The van der Waals surface area contributed by atoms with Crippen LogP contribution in [-0.4, -0.2) is 9.67 Å². The predicted octanol–water partition coefficient (Wildman–Crippen LogP) is 1.73. The molecule has 0 aliphatic heterocycles. The summed E-state index contributed by atoms with van der Waals surface area (Å²) in [4.78, 5) is 0. The first kappa shape index (κ1) is 8.37. The molecule has 0 saturated carbocycles. The van der Waals surface area contributed by atoms with Crippen LogP contribution < -0.4 is 0 Å². The van der Waals surface area contributed by atoms with Crippen LogP contribution in [0.1, 0.15) is 5.56 Å². The molecule has 0 fully saturated rings. The van der Waals surface area contributed by atoms with Crippen molar-refractivity contribution in [3.63, 3.8) is 0 Å². The first-order valence-corrected chi connectivity index (χ1v) is 3.81. The third-order valence-corrected chi connectivity index (χ3v) is 1.58. The maximum Gasteiger partial charge on any atom is 0.0696 e. The van der Waals surface area contributed by atoms with Gasteiger partial charge in [0.2, 0.25) is 0 Å². The smallest absolute Gasteiger partial charge is 0.0696 e. The molecule has 1 rings (SSSR count). The molecule has 0 unspecified atom stereocenters. The molecule has 0 bridgehead atoms. The van der Waals surface area contributed by atoms with Gasteiger partial charge in [-0.25, -0.2) is 0 Å². The van der Waals surface area contributed by atoms with Crippen molar-refractivity contribution in [2.75, 3.05) is 0 Å². The van der Waals surface area contributed by atoms with Crippen molar-refractivity contribution < 1.29 is 5.11 Å². The lowest BCUT2D eigenvalue weighted by Gasteiger charge is -1.93. The topological polar surface area (TPSA) is 25.2 Å². The Morgan fingerprint density at radius 3 is 3.00 bits per heavy atom. The predicted molar refractivity (Wildman–Crippen MR) is 45.3 cm³/mol. The van der Waals surface area contributed by atoms with E-state index in [1.807, 2.05) is 29.1 Å². The van der Waals surface area contributed by atoms with Gasteiger partial charge in [-0.2, -0.15) is 0 Å². The van der Waals surface area contributed by atoms with Crippen LogP contribution in [0.4, 0.5) is 0 Å². The van der Waals surface area contributed by atoms with E-state index in [0.717, 1.165) is 12.1 Å². The highest BCUT2D eigenvalue weighted by Crippen LogP contribution is 2.00. The van der Waals surface area contributed by atoms with Crippen molar-refractivity contribution in [3.05, 3.63) is 35.6 Å². The van der Waals surface area contributed by atoms with Crippen LogP contribution in [0.2, 0.25) is 0 Å². The van der Waals surface area contributed by atoms with Crippen LogP contribution in [0, 0.1) is 0 Å². The van der Waals surface area contributed by atoms with E-state index in [1.54, 1.807) is 0 Å². The molecule has 0 spiro atoms. The minimum atomic E-state index is 0.0948. The molecule has 0 aliphatic rings. The van der Waals surface area contributed by atoms with Crippen molar-refractivity contribution in [2.24, 2.45) is 0 Å². The molecule has 1 aromatic heterocycles. The molecule has 0 atom stereocenters. The van der Waals surface area contributed by atoms with Gasteiger partial charge in [0.1, 0.15) is 0 Å². The highest BCUT2D eigenvalue weighted by Gasteiger charge is 1.91. The lowest BCUT2D eigenvalue weighted by atomic mass is 10.4. The SMILES string of the molecule is OCc1ccn(C/C=C/Cl)c1. The van der Waals surface area contributed by atoms with Crippen molar-refractivity contribution in [1.29, 1.82) is 0 Å². The van der Waals surface area contributed by atoms with Gasteiger partial charge < -0.3 is 9.67 Å². The Hall–Kier alpha value is -0.730. The molecule has 0 radical (unpaired) electrons. The average Bonchev–Trinajstić information content (AvgIpc) is 2.48. The highest BCUT2D eigenvalue weighted by molar-refractivity contribution is 6.25. The summed E-state index contributed by atoms with van der Waals surface area (Å²) in [7, 11) is 0. The quantitative estimate of drug-likeness (QED) is 0.737. The van der Waals surface area contributed by atoms with Crippen LogP contribution in [0.15, 0.2) is 30.1 Å². The Morgan fingerprint density at radius 2 is 2.45 bits per heavy atom. The van der Waals surface area contributed by atoms with E-state index in [0.29, 0.717) is 0 Å². The third-order valence-electron chi connectivity index (χ3n) is 1.40. The van der Waals surface area contributed by atoms with Gasteiger partial charge in [0.25, 0.3) is 0 Å². The second-order valence-electron chi connectivity index (χ2n) is 2.24. The molecule has 3 heteroatoms. The van der Waals surface area contributed by atoms with Crippen LogP contribution in [0.25, 0.3) is 0 Å². The van der Waals surface area contributed by atoms with Crippen molar-refractivity contribution in [2.45, 2.75) is 13.2 Å². The van der Waals surface area contributed by atoms with Crippen molar-refractivity contribution in [3.8, 4) is 0 Å². The van der Waals surface area contributed by atoms with Crippen molar-refractivity contribution >= 4 is 11.6 Å². The summed E-state index contributed by atoms with van der Waals surface area (Å²) < 4.78 is 1.95. The molecule has 0 aliphatic carbocycles. The summed E-state index contributed by atoms with van der Waals surface area (Å²) in [6.45, 7) is 0.848. The lowest BCUT2D eigenvalue weighted by molar-refractivity contribution is 0.282. The number of rotatable bonds is 3. The van der Waals surface area contributed by atoms with Gasteiger partial charge in [0.05, 0.1) is 6.61 Å². The van der Waals surface area contributed by atoms with Crippen LogP contribution in [0.5, 0.6) is 0 Å². The number of aliphatic hydroxyl groups excluding tert-OH is 1. The first-order valence-electron chi connectivity index (χ1n) is 3.37. The fourth-order valence-corrected chi connectivity index (χ4v) is 0.939. The minimum absolute atomic E-state index is 0.0948. The Kier molecular flexibility index (Phi) is 3.20. The summed E-state index contributed by atoms with van der Waals surface area (Å²) in [5.41, 5.74) is 2.41. The van der Waals surface area contributed by atoms with E-state index in [-0.39, 0.29) is 6.61 Å². The van der Waals surface area contributed by atoms with E-state index in [4.69, 9.17) is 16.7 Å². The third kappa shape index (κ3) is 2.41. The number of aromatic nitrogens is 1. The van der Waals surface area contributed by atoms with Gasteiger partial charge in [-0.1, -0.05) is 17.7 Å². The summed E-state index contributed by atoms with van der Waals surface area (Å²) >= 11 is 5.35. The van der Waals surface area contributed by atoms with E-state index in [1.165, 1.54) is 5.54 Å². The van der Waals surface area contributed by atoms with Gasteiger partial charge in [-0.05, 0) is 11.6 Å². The maximum atomic E-state index is 8.72. The van der Waals surface area contributed by atoms with Crippen LogP contribution >= 0.6 is 11.6 Å². The number of hydrogen-bond acceptors (Lipinski definition) is 1. The Labute approximate surface area is 70.7 Å². The minimum Gasteiger partial charge on any atom is -0.392 e. The van der Waals surface area contributed by atoms with Gasteiger partial charge in [-0.3, -0.25) is 0 Å². The molecular formula is C8H10ClNO. The summed E-state index contributed by atoms with van der Waals surface area (Å²) in [6.07, 6.45) is 5.63. The molecule has 1 heterocycles. The zero-order valence-electron chi connectivity index (χ0n) is 6.07. The second-order valence-corrected chi connectivity index (χ2v) is 2.49. The summed E-state index contributed by atoms with van der Waals surface area (Å²) in [6, 6.07) is 1.88. The molecule has 11 heavy (non-hydrogen) atoms. The zero-order chi connectivity index (χ0) is 8.10. The van der Waals surface area contributed by atoms with Gasteiger partial charge in [0, 0.05) is 24.5 Å². The number of nitrogens with zero attached hydrogens (tertiary/aromatic N) is 1. The van der Waals surface area contributed by atoms with Crippen LogP contribution in [0.3, 0.4) is 0 Å². The number of halogens is 1. The molecule has 0 amide bonds. The van der Waals surface area contributed by atoms with E-state index in [2.05, 4.69) is 0 Å². The highest BCUT2D eigenvalue weighted by atomic mass is 35.5. The fourth-order valence-electron chi connectivity index (χ4n) is 0.859. The zero-order valence-corrected chi connectivity index (χ0v) is 6.83. The molecule has 1 aromatic rings. The van der Waals surface area contributed by atoms with Crippen molar-refractivity contribution in [1.82, 2.24) is 4.57 Å². The summed E-state index contributed by atoms with van der Waals surface area (Å²) in [5.74, 6) is 0. The Bertz CT molecular complexity index is 242. The Morgan fingerprint density at radius 1 is 1.64 bits per heavy atom. The van der Waals surface area contributed by atoms with E-state index < -0.39 is 0 Å². The van der Waals surface area contributed by atoms with Gasteiger partial charge in [-0.15, -0.1) is 0 Å². The lowest BCUT2D eigenvalue weighted by Crippen LogP contribution is -1.89. The monoisotopic (exact) mass is 171 g/mol. The van der Waals surface area contributed by atoms with E-state index >= 15 is 0 Å². The number of hydrogen-bond donors (Lipinski definition) is 1. The average molecular weight is 172 g/mol. The molecule has 60 valence electrons.